The van der Waals surface area contributed by atoms with Gasteiger partial charge in [0.2, 0.25) is 17.2 Å². The Morgan fingerprint density at radius 3 is 2.38 bits per heavy atom. The Balaban J connectivity index is 2.27. The second-order valence-corrected chi connectivity index (χ2v) is 4.39. The highest BCUT2D eigenvalue weighted by Gasteiger charge is 2.12. The van der Waals surface area contributed by atoms with Gasteiger partial charge in [-0.25, -0.2) is 13.2 Å². The second-order valence-electron chi connectivity index (χ2n) is 4.05. The molecule has 0 aliphatic heterocycles. The quantitative estimate of drug-likeness (QED) is 0.826. The Bertz CT molecular complexity index is 653. The van der Waals surface area contributed by atoms with Gasteiger partial charge in [-0.1, -0.05) is 6.92 Å². The fraction of sp³-hybridized carbons (Fsp3) is 0.250. The van der Waals surface area contributed by atoms with Crippen molar-refractivity contribution in [3.63, 3.8) is 0 Å². The molecule has 21 heavy (non-hydrogen) atoms. The lowest BCUT2D eigenvalue weighted by atomic mass is 10.3. The van der Waals surface area contributed by atoms with Crippen molar-refractivity contribution in [1.82, 2.24) is 15.0 Å². The number of nitrogens with one attached hydrogen (secondary N) is 2. The van der Waals surface area contributed by atoms with Gasteiger partial charge in [0.1, 0.15) is 5.82 Å². The zero-order valence-corrected chi connectivity index (χ0v) is 11.7. The van der Waals surface area contributed by atoms with Crippen molar-refractivity contribution in [2.45, 2.75) is 13.3 Å². The van der Waals surface area contributed by atoms with Gasteiger partial charge in [0, 0.05) is 18.7 Å². The van der Waals surface area contributed by atoms with E-state index in [1.54, 1.807) is 0 Å². The molecule has 0 saturated heterocycles. The van der Waals surface area contributed by atoms with E-state index in [0.717, 1.165) is 6.42 Å². The molecule has 0 unspecified atom stereocenters. The van der Waals surface area contributed by atoms with E-state index >= 15 is 0 Å². The molecule has 0 aliphatic carbocycles. The molecule has 0 fully saturated rings. The van der Waals surface area contributed by atoms with Crippen LogP contribution in [0.15, 0.2) is 12.1 Å². The average molecular weight is 318 g/mol. The molecule has 2 N–H and O–H groups in total. The van der Waals surface area contributed by atoms with Crippen LogP contribution in [-0.2, 0) is 0 Å². The van der Waals surface area contributed by atoms with Crippen molar-refractivity contribution in [2.24, 2.45) is 0 Å². The van der Waals surface area contributed by atoms with Crippen molar-refractivity contribution in [3.05, 3.63) is 34.9 Å². The number of rotatable bonds is 5. The largest absolute Gasteiger partial charge is 0.354 e. The van der Waals surface area contributed by atoms with Crippen molar-refractivity contribution in [2.75, 3.05) is 17.2 Å². The first-order valence-corrected chi connectivity index (χ1v) is 6.44. The van der Waals surface area contributed by atoms with Gasteiger partial charge in [-0.15, -0.1) is 0 Å². The SMILES string of the molecule is CCCNc1nc(Cl)nc(Nc2cc(F)c(F)cc2F)n1. The monoisotopic (exact) mass is 317 g/mol. The predicted molar refractivity (Wildman–Crippen MR) is 73.2 cm³/mol. The first kappa shape index (κ1) is 15.3. The first-order valence-electron chi connectivity index (χ1n) is 6.06. The molecule has 2 rings (SSSR count). The molecule has 1 heterocycles. The van der Waals surface area contributed by atoms with Gasteiger partial charge in [-0.05, 0) is 18.0 Å². The van der Waals surface area contributed by atoms with E-state index in [0.29, 0.717) is 18.7 Å². The zero-order valence-electron chi connectivity index (χ0n) is 10.9. The number of anilines is 3. The van der Waals surface area contributed by atoms with Crippen LogP contribution in [0.4, 0.5) is 30.8 Å². The first-order chi connectivity index (χ1) is 9.99. The van der Waals surface area contributed by atoms with Gasteiger partial charge in [0.15, 0.2) is 11.6 Å². The van der Waals surface area contributed by atoms with Crippen LogP contribution in [0.1, 0.15) is 13.3 Å². The minimum absolute atomic E-state index is 0.0847. The average Bonchev–Trinajstić information content (AvgIpc) is 2.42. The Morgan fingerprint density at radius 1 is 1.00 bits per heavy atom. The van der Waals surface area contributed by atoms with Gasteiger partial charge in [-0.2, -0.15) is 15.0 Å². The number of aromatic nitrogens is 3. The minimum Gasteiger partial charge on any atom is -0.354 e. The number of benzene rings is 1. The van der Waals surface area contributed by atoms with Crippen molar-refractivity contribution < 1.29 is 13.2 Å². The van der Waals surface area contributed by atoms with E-state index in [-0.39, 0.29) is 22.9 Å². The van der Waals surface area contributed by atoms with Crippen LogP contribution in [0, 0.1) is 17.5 Å². The van der Waals surface area contributed by atoms with E-state index in [2.05, 4.69) is 25.6 Å². The zero-order chi connectivity index (χ0) is 15.4. The highest BCUT2D eigenvalue weighted by molar-refractivity contribution is 6.28. The van der Waals surface area contributed by atoms with Gasteiger partial charge in [0.05, 0.1) is 5.69 Å². The van der Waals surface area contributed by atoms with Gasteiger partial charge >= 0.3 is 0 Å². The minimum atomic E-state index is -1.28. The van der Waals surface area contributed by atoms with E-state index in [4.69, 9.17) is 11.6 Å². The Morgan fingerprint density at radius 2 is 1.67 bits per heavy atom. The molecule has 1 aromatic carbocycles. The summed E-state index contributed by atoms with van der Waals surface area (Å²) in [4.78, 5) is 11.5. The fourth-order valence-corrected chi connectivity index (χ4v) is 1.62. The second kappa shape index (κ2) is 6.57. The Kier molecular flexibility index (Phi) is 4.79. The molecule has 5 nitrogen and oxygen atoms in total. The third-order valence-corrected chi connectivity index (χ3v) is 2.57. The maximum absolute atomic E-state index is 13.5. The third-order valence-electron chi connectivity index (χ3n) is 2.40. The molecule has 112 valence electrons. The van der Waals surface area contributed by atoms with Crippen LogP contribution in [0.25, 0.3) is 0 Å². The molecule has 0 atom stereocenters. The highest BCUT2D eigenvalue weighted by Crippen LogP contribution is 2.22. The van der Waals surface area contributed by atoms with Crippen LogP contribution in [0.2, 0.25) is 5.28 Å². The van der Waals surface area contributed by atoms with Gasteiger partial charge < -0.3 is 10.6 Å². The van der Waals surface area contributed by atoms with E-state index in [9.17, 15) is 13.2 Å². The summed E-state index contributed by atoms with van der Waals surface area (Å²) in [6.07, 6.45) is 0.837. The summed E-state index contributed by atoms with van der Waals surface area (Å²) in [6, 6.07) is 1.10. The highest BCUT2D eigenvalue weighted by atomic mass is 35.5. The molecule has 0 aliphatic rings. The van der Waals surface area contributed by atoms with Crippen LogP contribution < -0.4 is 10.6 Å². The molecule has 0 spiro atoms. The lowest BCUT2D eigenvalue weighted by molar-refractivity contribution is 0.496. The van der Waals surface area contributed by atoms with Gasteiger partial charge in [0.25, 0.3) is 0 Å². The standard InChI is InChI=1S/C12H11ClF3N5/c1-2-3-17-11-19-10(13)20-12(21-11)18-9-5-7(15)6(14)4-8(9)16/h4-5H,2-3H2,1H3,(H2,17,18,19,20,21). The molecule has 1 aromatic heterocycles. The fourth-order valence-electron chi connectivity index (χ4n) is 1.46. The Hall–Kier alpha value is -2.09. The summed E-state index contributed by atoms with van der Waals surface area (Å²) in [5.41, 5.74) is -0.308. The van der Waals surface area contributed by atoms with E-state index in [1.165, 1.54) is 0 Å². The third kappa shape index (κ3) is 3.94. The van der Waals surface area contributed by atoms with Gasteiger partial charge in [-0.3, -0.25) is 0 Å². The lowest BCUT2D eigenvalue weighted by Gasteiger charge is -2.09. The smallest absolute Gasteiger partial charge is 0.233 e. The van der Waals surface area contributed by atoms with Crippen LogP contribution in [-0.4, -0.2) is 21.5 Å². The normalized spacial score (nSPS) is 10.5. The van der Waals surface area contributed by atoms with Crippen LogP contribution in [0.5, 0.6) is 0 Å². The molecule has 9 heteroatoms. The van der Waals surface area contributed by atoms with E-state index in [1.807, 2.05) is 6.92 Å². The summed E-state index contributed by atoms with van der Waals surface area (Å²) < 4.78 is 39.5. The van der Waals surface area contributed by atoms with Crippen molar-refractivity contribution in [1.29, 1.82) is 0 Å². The Labute approximate surface area is 123 Å². The van der Waals surface area contributed by atoms with Crippen molar-refractivity contribution in [3.8, 4) is 0 Å². The number of hydrogen-bond donors (Lipinski definition) is 2. The maximum atomic E-state index is 13.5. The van der Waals surface area contributed by atoms with Crippen LogP contribution in [0.3, 0.4) is 0 Å². The summed E-state index contributed by atoms with van der Waals surface area (Å²) >= 11 is 5.72. The number of nitrogens with zero attached hydrogens (tertiary/aromatic N) is 3. The summed E-state index contributed by atoms with van der Waals surface area (Å²) in [7, 11) is 0. The number of hydrogen-bond acceptors (Lipinski definition) is 5. The topological polar surface area (TPSA) is 62.7 Å². The maximum Gasteiger partial charge on any atom is 0.233 e. The van der Waals surface area contributed by atoms with Crippen molar-refractivity contribution >= 4 is 29.2 Å². The molecule has 2 aromatic rings. The lowest BCUT2D eigenvalue weighted by Crippen LogP contribution is -2.08. The predicted octanol–water partition coefficient (Wildman–Crippen LogP) is 3.51. The summed E-state index contributed by atoms with van der Waals surface area (Å²) in [5, 5.41) is 5.19. The summed E-state index contributed by atoms with van der Waals surface area (Å²) in [5.74, 6) is -3.34. The molecule has 0 amide bonds. The molecular weight excluding hydrogens is 307 g/mol. The molecular formula is C12H11ClF3N5. The molecule has 0 radical (unpaired) electrons. The van der Waals surface area contributed by atoms with Crippen LogP contribution >= 0.6 is 11.6 Å². The molecule has 0 saturated carbocycles. The molecule has 0 bridgehead atoms. The number of halogens is 4. The van der Waals surface area contributed by atoms with E-state index < -0.39 is 17.5 Å². The summed E-state index contributed by atoms with van der Waals surface area (Å²) in [6.45, 7) is 2.56.